The molecule has 5 nitrogen and oxygen atoms in total. The van der Waals surface area contributed by atoms with Gasteiger partial charge >= 0.3 is 6.36 Å². The van der Waals surface area contributed by atoms with Crippen molar-refractivity contribution >= 4 is 5.91 Å². The van der Waals surface area contributed by atoms with Crippen molar-refractivity contribution in [2.45, 2.75) is 32.2 Å². The number of amides is 1. The van der Waals surface area contributed by atoms with Crippen LogP contribution in [-0.4, -0.2) is 28.9 Å². The molecule has 9 heteroatoms. The zero-order valence-corrected chi connectivity index (χ0v) is 14.9. The lowest BCUT2D eigenvalue weighted by Crippen LogP contribution is -2.38. The second kappa shape index (κ2) is 8.04. The van der Waals surface area contributed by atoms with Gasteiger partial charge in [-0.2, -0.15) is 0 Å². The Hall–Kier alpha value is -2.84. The number of benzene rings is 1. The van der Waals surface area contributed by atoms with E-state index >= 15 is 0 Å². The normalized spacial score (nSPS) is 15.0. The van der Waals surface area contributed by atoms with Crippen LogP contribution in [0.1, 0.15) is 31.5 Å². The van der Waals surface area contributed by atoms with E-state index in [0.29, 0.717) is 5.69 Å². The quantitative estimate of drug-likeness (QED) is 0.511. The summed E-state index contributed by atoms with van der Waals surface area (Å²) >= 11 is 0. The Morgan fingerprint density at radius 3 is 2.57 bits per heavy atom. The minimum atomic E-state index is -4.80. The summed E-state index contributed by atoms with van der Waals surface area (Å²) in [6.45, 7) is 1.56. The van der Waals surface area contributed by atoms with Gasteiger partial charge in [-0.25, -0.2) is 4.39 Å². The van der Waals surface area contributed by atoms with Crippen molar-refractivity contribution < 1.29 is 31.8 Å². The fourth-order valence-corrected chi connectivity index (χ4v) is 2.62. The molecule has 1 heterocycles. The maximum absolute atomic E-state index is 13.3. The Bertz CT molecular complexity index is 823. The molecule has 1 atom stereocenters. The monoisotopic (exact) mass is 398 g/mol. The molecule has 1 aromatic carbocycles. The molecule has 150 valence electrons. The zero-order chi connectivity index (χ0) is 20.3. The van der Waals surface area contributed by atoms with Gasteiger partial charge in [-0.3, -0.25) is 9.78 Å². The van der Waals surface area contributed by atoms with E-state index in [4.69, 9.17) is 4.74 Å². The minimum absolute atomic E-state index is 0.105. The van der Waals surface area contributed by atoms with Crippen molar-refractivity contribution in [3.63, 3.8) is 0 Å². The SMILES string of the molecule is C[C@H](c1ccc(OC(F)(F)F)cn1)N(COc1cccc(F)c1)C(=O)C1CC1. The summed E-state index contributed by atoms with van der Waals surface area (Å²) in [6.07, 6.45) is -2.31. The largest absolute Gasteiger partial charge is 0.573 e. The fraction of sp³-hybridized carbons (Fsp3) is 0.368. The predicted octanol–water partition coefficient (Wildman–Crippen LogP) is 4.46. The number of ether oxygens (including phenoxy) is 2. The Balaban J connectivity index is 1.72. The van der Waals surface area contributed by atoms with Gasteiger partial charge in [-0.15, -0.1) is 13.2 Å². The maximum Gasteiger partial charge on any atom is 0.573 e. The molecular formula is C19H18F4N2O3. The summed E-state index contributed by atoms with van der Waals surface area (Å²) in [5.41, 5.74) is 0.381. The van der Waals surface area contributed by atoms with Gasteiger partial charge in [0.05, 0.1) is 17.9 Å². The van der Waals surface area contributed by atoms with E-state index in [1.165, 1.54) is 29.2 Å². The van der Waals surface area contributed by atoms with E-state index < -0.39 is 24.0 Å². The molecule has 3 rings (SSSR count). The maximum atomic E-state index is 13.3. The predicted molar refractivity (Wildman–Crippen MR) is 90.8 cm³/mol. The summed E-state index contributed by atoms with van der Waals surface area (Å²) in [5.74, 6) is -0.887. The Morgan fingerprint density at radius 1 is 1.25 bits per heavy atom. The number of carbonyl (C=O) groups is 1. The van der Waals surface area contributed by atoms with Gasteiger partial charge in [0.2, 0.25) is 5.91 Å². The minimum Gasteiger partial charge on any atom is -0.473 e. The van der Waals surface area contributed by atoms with Crippen molar-refractivity contribution in [3.8, 4) is 11.5 Å². The van der Waals surface area contributed by atoms with Crippen LogP contribution in [-0.2, 0) is 4.79 Å². The molecule has 0 bridgehead atoms. The molecule has 2 aromatic rings. The number of carbonyl (C=O) groups excluding carboxylic acids is 1. The molecule has 0 radical (unpaired) electrons. The zero-order valence-electron chi connectivity index (χ0n) is 14.9. The van der Waals surface area contributed by atoms with E-state index in [9.17, 15) is 22.4 Å². The summed E-state index contributed by atoms with van der Waals surface area (Å²) < 4.78 is 59.5. The first kappa shape index (κ1) is 19.9. The fourth-order valence-electron chi connectivity index (χ4n) is 2.62. The average molecular weight is 398 g/mol. The Morgan fingerprint density at radius 2 is 2.00 bits per heavy atom. The lowest BCUT2D eigenvalue weighted by atomic mass is 10.1. The molecule has 1 aliphatic carbocycles. The molecule has 0 N–H and O–H groups in total. The first-order valence-corrected chi connectivity index (χ1v) is 8.63. The van der Waals surface area contributed by atoms with Crippen LogP contribution in [0.2, 0.25) is 0 Å². The third-order valence-electron chi connectivity index (χ3n) is 4.26. The van der Waals surface area contributed by atoms with E-state index in [1.54, 1.807) is 13.0 Å². The second-order valence-electron chi connectivity index (χ2n) is 6.46. The second-order valence-corrected chi connectivity index (χ2v) is 6.46. The van der Waals surface area contributed by atoms with Crippen molar-refractivity contribution in [2.75, 3.05) is 6.73 Å². The van der Waals surface area contributed by atoms with E-state index in [0.717, 1.165) is 25.1 Å². The average Bonchev–Trinajstić information content (AvgIpc) is 3.46. The van der Waals surface area contributed by atoms with Gasteiger partial charge in [-0.1, -0.05) is 6.07 Å². The standard InChI is InChI=1S/C19H18F4N2O3/c1-12(17-8-7-16(10-24-17)28-19(21,22)23)25(18(26)13-5-6-13)11-27-15-4-2-3-14(20)9-15/h2-4,7-10,12-13H,5-6,11H2,1H3/t12-/m1/s1. The van der Waals surface area contributed by atoms with Crippen LogP contribution >= 0.6 is 0 Å². The number of halogens is 4. The van der Waals surface area contributed by atoms with Crippen LogP contribution < -0.4 is 9.47 Å². The highest BCUT2D eigenvalue weighted by Gasteiger charge is 2.36. The van der Waals surface area contributed by atoms with Crippen LogP contribution in [0.25, 0.3) is 0 Å². The highest BCUT2D eigenvalue weighted by atomic mass is 19.4. The first-order chi connectivity index (χ1) is 13.2. The summed E-state index contributed by atoms with van der Waals surface area (Å²) in [6, 6.07) is 7.47. The molecule has 0 spiro atoms. The van der Waals surface area contributed by atoms with Crippen LogP contribution in [0, 0.1) is 11.7 Å². The topological polar surface area (TPSA) is 51.7 Å². The smallest absolute Gasteiger partial charge is 0.473 e. The van der Waals surface area contributed by atoms with Gasteiger partial charge in [0.15, 0.2) is 6.73 Å². The van der Waals surface area contributed by atoms with Gasteiger partial charge < -0.3 is 14.4 Å². The molecule has 1 saturated carbocycles. The van der Waals surface area contributed by atoms with Crippen molar-refractivity contribution in [3.05, 3.63) is 54.1 Å². The number of pyridine rings is 1. The highest BCUT2D eigenvalue weighted by Crippen LogP contribution is 2.34. The third kappa shape index (κ3) is 5.34. The van der Waals surface area contributed by atoms with Crippen LogP contribution in [0.3, 0.4) is 0 Å². The molecule has 1 aliphatic rings. The molecule has 1 amide bonds. The molecule has 28 heavy (non-hydrogen) atoms. The third-order valence-corrected chi connectivity index (χ3v) is 4.26. The van der Waals surface area contributed by atoms with Crippen LogP contribution in [0.15, 0.2) is 42.6 Å². The summed E-state index contributed by atoms with van der Waals surface area (Å²) in [5, 5.41) is 0. The van der Waals surface area contributed by atoms with E-state index in [2.05, 4.69) is 9.72 Å². The molecule has 0 aliphatic heterocycles. The molecular weight excluding hydrogens is 380 g/mol. The number of hydrogen-bond acceptors (Lipinski definition) is 4. The first-order valence-electron chi connectivity index (χ1n) is 8.63. The number of rotatable bonds is 7. The van der Waals surface area contributed by atoms with Crippen molar-refractivity contribution in [2.24, 2.45) is 5.92 Å². The molecule has 1 fully saturated rings. The van der Waals surface area contributed by atoms with Gasteiger partial charge in [0.25, 0.3) is 0 Å². The lowest BCUT2D eigenvalue weighted by Gasteiger charge is -2.29. The van der Waals surface area contributed by atoms with Gasteiger partial charge in [0, 0.05) is 12.0 Å². The number of hydrogen-bond donors (Lipinski definition) is 0. The molecule has 0 unspecified atom stereocenters. The Labute approximate surface area is 158 Å². The van der Waals surface area contributed by atoms with Crippen LogP contribution in [0.5, 0.6) is 11.5 Å². The van der Waals surface area contributed by atoms with E-state index in [-0.39, 0.29) is 24.3 Å². The number of alkyl halides is 3. The van der Waals surface area contributed by atoms with Crippen molar-refractivity contribution in [1.82, 2.24) is 9.88 Å². The molecule has 0 saturated heterocycles. The van der Waals surface area contributed by atoms with Crippen LogP contribution in [0.4, 0.5) is 17.6 Å². The number of aromatic nitrogens is 1. The highest BCUT2D eigenvalue weighted by molar-refractivity contribution is 5.81. The van der Waals surface area contributed by atoms with E-state index in [1.807, 2.05) is 0 Å². The van der Waals surface area contributed by atoms with Gasteiger partial charge in [0.1, 0.15) is 17.3 Å². The van der Waals surface area contributed by atoms with Gasteiger partial charge in [-0.05, 0) is 44.0 Å². The lowest BCUT2D eigenvalue weighted by molar-refractivity contribution is -0.274. The summed E-state index contributed by atoms with van der Waals surface area (Å²) in [4.78, 5) is 18.1. The number of nitrogens with zero attached hydrogens (tertiary/aromatic N) is 2. The Kier molecular flexibility index (Phi) is 5.71. The molecule has 1 aromatic heterocycles. The summed E-state index contributed by atoms with van der Waals surface area (Å²) in [7, 11) is 0. The van der Waals surface area contributed by atoms with Crippen molar-refractivity contribution in [1.29, 1.82) is 0 Å².